The zero-order valence-corrected chi connectivity index (χ0v) is 20.2. The number of aromatic nitrogens is 3. The predicted octanol–water partition coefficient (Wildman–Crippen LogP) is 3.33. The number of ether oxygens (including phenoxy) is 1. The van der Waals surface area contributed by atoms with Gasteiger partial charge in [0, 0.05) is 29.7 Å². The molecule has 174 valence electrons. The lowest BCUT2D eigenvalue weighted by molar-refractivity contribution is 0.238. The highest BCUT2D eigenvalue weighted by Crippen LogP contribution is 2.35. The number of sulfonamides is 1. The number of nitrogens with zero attached hydrogens (tertiary/aromatic N) is 5. The van der Waals surface area contributed by atoms with E-state index in [9.17, 15) is 13.7 Å². The summed E-state index contributed by atoms with van der Waals surface area (Å²) < 4.78 is 36.3. The largest absolute Gasteiger partial charge is 0.456 e. The van der Waals surface area contributed by atoms with Crippen LogP contribution in [0.2, 0.25) is 10.0 Å². The molecule has 0 bridgehead atoms. The van der Waals surface area contributed by atoms with Gasteiger partial charge in [0.2, 0.25) is 10.0 Å². The van der Waals surface area contributed by atoms with Crippen LogP contribution in [0, 0.1) is 11.3 Å². The normalized spacial score (nSPS) is 16.6. The van der Waals surface area contributed by atoms with Crippen LogP contribution in [-0.4, -0.2) is 53.2 Å². The maximum atomic E-state index is 13.8. The molecule has 33 heavy (non-hydrogen) atoms. The van der Waals surface area contributed by atoms with Gasteiger partial charge in [0.25, 0.3) is 0 Å². The summed E-state index contributed by atoms with van der Waals surface area (Å²) in [6, 6.07) is 10.4. The van der Waals surface area contributed by atoms with Crippen molar-refractivity contribution < 1.29 is 13.2 Å². The van der Waals surface area contributed by atoms with Crippen LogP contribution in [0.15, 0.2) is 53.9 Å². The van der Waals surface area contributed by atoms with E-state index in [0.29, 0.717) is 29.7 Å². The summed E-state index contributed by atoms with van der Waals surface area (Å²) in [5, 5.41) is 17.3. The maximum Gasteiger partial charge on any atom is 0.247 e. The highest BCUT2D eigenvalue weighted by atomic mass is 35.5. The van der Waals surface area contributed by atoms with E-state index in [2.05, 4.69) is 15.4 Å². The van der Waals surface area contributed by atoms with Gasteiger partial charge in [-0.05, 0) is 36.4 Å². The van der Waals surface area contributed by atoms with Crippen molar-refractivity contribution in [1.29, 1.82) is 5.26 Å². The minimum atomic E-state index is -4.03. The fourth-order valence-electron chi connectivity index (χ4n) is 3.46. The minimum Gasteiger partial charge on any atom is -0.456 e. The Balaban J connectivity index is 0.00000306. The van der Waals surface area contributed by atoms with E-state index in [0.717, 1.165) is 0 Å². The third-order valence-corrected chi connectivity index (χ3v) is 7.29. The van der Waals surface area contributed by atoms with Crippen molar-refractivity contribution in [2.24, 2.45) is 0 Å². The van der Waals surface area contributed by atoms with Crippen LogP contribution in [0.4, 0.5) is 0 Å². The van der Waals surface area contributed by atoms with Crippen molar-refractivity contribution in [3.8, 4) is 17.6 Å². The van der Waals surface area contributed by atoms with E-state index in [4.69, 9.17) is 27.9 Å². The Morgan fingerprint density at radius 3 is 2.64 bits per heavy atom. The monoisotopic (exact) mass is 528 g/mol. The molecule has 1 unspecified atom stereocenters. The first kappa shape index (κ1) is 25.2. The van der Waals surface area contributed by atoms with Gasteiger partial charge < -0.3 is 10.1 Å². The Hall–Kier alpha value is -2.39. The van der Waals surface area contributed by atoms with Gasteiger partial charge in [-0.3, -0.25) is 4.68 Å². The van der Waals surface area contributed by atoms with Crippen molar-refractivity contribution in [2.75, 3.05) is 19.6 Å². The van der Waals surface area contributed by atoms with Crippen molar-refractivity contribution in [1.82, 2.24) is 24.4 Å². The second kappa shape index (κ2) is 10.7. The van der Waals surface area contributed by atoms with Crippen LogP contribution in [0.3, 0.4) is 0 Å². The summed E-state index contributed by atoms with van der Waals surface area (Å²) in [6.07, 6.45) is 2.93. The highest BCUT2D eigenvalue weighted by Gasteiger charge is 2.36. The van der Waals surface area contributed by atoms with Gasteiger partial charge in [-0.1, -0.05) is 23.2 Å². The molecule has 0 radical (unpaired) electrons. The maximum absolute atomic E-state index is 13.8. The number of rotatable bonds is 6. The van der Waals surface area contributed by atoms with Gasteiger partial charge in [-0.25, -0.2) is 13.4 Å². The molecule has 4 rings (SSSR count). The third-order valence-electron chi connectivity index (χ3n) is 4.88. The zero-order chi connectivity index (χ0) is 22.7. The second-order valence-corrected chi connectivity index (χ2v) is 9.80. The second-order valence-electron chi connectivity index (χ2n) is 7.07. The van der Waals surface area contributed by atoms with Crippen LogP contribution in [-0.2, 0) is 16.6 Å². The summed E-state index contributed by atoms with van der Waals surface area (Å²) >= 11 is 12.1. The predicted molar refractivity (Wildman–Crippen MR) is 126 cm³/mol. The average Bonchev–Trinajstić information content (AvgIpc) is 3.26. The molecule has 9 nitrogen and oxygen atoms in total. The third kappa shape index (κ3) is 5.76. The van der Waals surface area contributed by atoms with Crippen LogP contribution < -0.4 is 10.1 Å². The molecule has 1 aliphatic heterocycles. The Morgan fingerprint density at radius 2 is 1.97 bits per heavy atom. The van der Waals surface area contributed by atoms with Crippen LogP contribution in [0.1, 0.15) is 5.56 Å². The fourth-order valence-corrected chi connectivity index (χ4v) is 5.73. The summed E-state index contributed by atoms with van der Waals surface area (Å²) in [7, 11) is -4.03. The van der Waals surface area contributed by atoms with E-state index < -0.39 is 16.1 Å². The Morgan fingerprint density at radius 1 is 1.21 bits per heavy atom. The number of hydrogen-bond acceptors (Lipinski definition) is 7. The number of benzene rings is 2. The minimum absolute atomic E-state index is 0. The number of halogens is 3. The lowest BCUT2D eigenvalue weighted by Crippen LogP contribution is -2.55. The molecular weight excluding hydrogens is 511 g/mol. The lowest BCUT2D eigenvalue weighted by atomic mass is 10.2. The van der Waals surface area contributed by atoms with E-state index >= 15 is 0 Å². The number of hydrogen-bond donors (Lipinski definition) is 1. The summed E-state index contributed by atoms with van der Waals surface area (Å²) in [4.78, 5) is 3.80. The first-order valence-electron chi connectivity index (χ1n) is 9.60. The molecule has 1 N–H and O–H groups in total. The summed E-state index contributed by atoms with van der Waals surface area (Å²) in [5.74, 6) is 0.350. The molecule has 13 heteroatoms. The molecule has 1 aromatic heterocycles. The molecule has 1 aliphatic rings. The summed E-state index contributed by atoms with van der Waals surface area (Å²) in [6.45, 7) is 1.51. The molecule has 2 aromatic carbocycles. The van der Waals surface area contributed by atoms with E-state index in [1.54, 1.807) is 10.7 Å². The quantitative estimate of drug-likeness (QED) is 0.521. The Bertz CT molecular complexity index is 1240. The number of piperazine rings is 1. The average molecular weight is 530 g/mol. The first-order chi connectivity index (χ1) is 15.4. The molecule has 1 atom stereocenters. The number of nitriles is 1. The highest BCUT2D eigenvalue weighted by molar-refractivity contribution is 7.89. The molecule has 1 saturated heterocycles. The van der Waals surface area contributed by atoms with Gasteiger partial charge in [0.15, 0.2) is 0 Å². The molecule has 0 saturated carbocycles. The fraction of sp³-hybridized carbons (Fsp3) is 0.250. The van der Waals surface area contributed by atoms with Crippen LogP contribution in [0.5, 0.6) is 11.5 Å². The zero-order valence-electron chi connectivity index (χ0n) is 17.1. The SMILES string of the molecule is Cl.N#Cc1ccc(Oc2cc(Cl)cc(Cl)c2)c(S(=O)(=O)N2CCNCC2Cn2cncn2)c1. The van der Waals surface area contributed by atoms with Gasteiger partial charge in [-0.15, -0.1) is 12.4 Å². The Kier molecular flexibility index (Phi) is 8.18. The molecule has 1 fully saturated rings. The number of nitrogens with one attached hydrogen (secondary N) is 1. The van der Waals surface area contributed by atoms with E-state index in [-0.39, 0.29) is 40.9 Å². The van der Waals surface area contributed by atoms with Crippen LogP contribution >= 0.6 is 35.6 Å². The topological polar surface area (TPSA) is 113 Å². The van der Waals surface area contributed by atoms with Crippen molar-refractivity contribution >= 4 is 45.6 Å². The molecule has 0 spiro atoms. The Labute approximate surface area is 207 Å². The molecule has 3 aromatic rings. The van der Waals surface area contributed by atoms with Crippen molar-refractivity contribution in [3.63, 3.8) is 0 Å². The van der Waals surface area contributed by atoms with Gasteiger partial charge >= 0.3 is 0 Å². The van der Waals surface area contributed by atoms with Crippen LogP contribution in [0.25, 0.3) is 0 Å². The molecule has 2 heterocycles. The lowest BCUT2D eigenvalue weighted by Gasteiger charge is -2.35. The van der Waals surface area contributed by atoms with Crippen molar-refractivity contribution in [3.05, 3.63) is 64.7 Å². The molecule has 0 aliphatic carbocycles. The molecule has 0 amide bonds. The summed E-state index contributed by atoms with van der Waals surface area (Å²) in [5.41, 5.74) is 0.197. The smallest absolute Gasteiger partial charge is 0.247 e. The van der Waals surface area contributed by atoms with Gasteiger partial charge in [0.1, 0.15) is 29.0 Å². The molecular formula is C20H19Cl3N6O3S. The van der Waals surface area contributed by atoms with E-state index in [1.165, 1.54) is 47.3 Å². The standard InChI is InChI=1S/C20H18Cl2N6O3S.ClH/c21-15-6-16(22)8-18(7-15)31-19-2-1-14(9-23)5-20(19)32(29,30)28-4-3-24-10-17(28)11-27-13-25-12-26-27;/h1-2,5-8,12-13,17,24H,3-4,10-11H2;1H. The van der Waals surface area contributed by atoms with E-state index in [1.807, 2.05) is 6.07 Å². The van der Waals surface area contributed by atoms with Gasteiger partial charge in [0.05, 0.1) is 24.2 Å². The van der Waals surface area contributed by atoms with Crippen molar-refractivity contribution in [2.45, 2.75) is 17.5 Å². The first-order valence-corrected chi connectivity index (χ1v) is 11.8. The van der Waals surface area contributed by atoms with Gasteiger partial charge in [-0.2, -0.15) is 14.7 Å².